The van der Waals surface area contributed by atoms with Gasteiger partial charge in [-0.05, 0) is 42.0 Å². The number of phenols is 1. The van der Waals surface area contributed by atoms with Crippen LogP contribution in [0.15, 0.2) is 47.7 Å². The van der Waals surface area contributed by atoms with Crippen LogP contribution in [0.3, 0.4) is 0 Å². The lowest BCUT2D eigenvalue weighted by atomic mass is 10.1. The van der Waals surface area contributed by atoms with Gasteiger partial charge in [0.05, 0.1) is 57.6 Å². The Hall–Kier alpha value is -4.27. The number of hydrogen-bond acceptors (Lipinski definition) is 7. The van der Waals surface area contributed by atoms with Crippen molar-refractivity contribution in [2.45, 2.75) is 13.0 Å². The van der Waals surface area contributed by atoms with Crippen LogP contribution in [0.1, 0.15) is 28.9 Å². The number of ether oxygens (including phenoxy) is 3. The number of aliphatic imine (C=N–C) groups is 1. The van der Waals surface area contributed by atoms with Crippen molar-refractivity contribution in [2.24, 2.45) is 12.0 Å². The molecule has 3 heterocycles. The first-order chi connectivity index (χ1) is 16.4. The number of methoxy groups -OCH3 is 3. The van der Waals surface area contributed by atoms with Crippen LogP contribution >= 0.6 is 0 Å². The summed E-state index contributed by atoms with van der Waals surface area (Å²) in [6, 6.07) is 9.06. The minimum atomic E-state index is -0.150. The van der Waals surface area contributed by atoms with E-state index >= 15 is 0 Å². The molecular weight excluding hydrogens is 436 g/mol. The molecule has 1 amide bonds. The van der Waals surface area contributed by atoms with Gasteiger partial charge in [-0.15, -0.1) is 0 Å². The number of nitrogens with zero attached hydrogens (tertiary/aromatic N) is 3. The molecule has 4 rings (SSSR count). The number of nitrogens with one attached hydrogen (secondary N) is 1. The van der Waals surface area contributed by atoms with Gasteiger partial charge in [-0.1, -0.05) is 0 Å². The van der Waals surface area contributed by atoms with Crippen molar-refractivity contribution in [3.8, 4) is 23.0 Å². The molecule has 1 aromatic carbocycles. The number of rotatable bonds is 8. The number of benzene rings is 1. The van der Waals surface area contributed by atoms with Gasteiger partial charge in [0.15, 0.2) is 11.5 Å². The van der Waals surface area contributed by atoms with E-state index in [0.29, 0.717) is 35.0 Å². The van der Waals surface area contributed by atoms with Gasteiger partial charge in [0.25, 0.3) is 0 Å². The Kier molecular flexibility index (Phi) is 6.53. The number of hydrogen-bond donors (Lipinski definition) is 2. The van der Waals surface area contributed by atoms with Crippen LogP contribution in [-0.2, 0) is 18.4 Å². The lowest BCUT2D eigenvalue weighted by molar-refractivity contribution is -0.120. The Morgan fingerprint density at radius 2 is 1.88 bits per heavy atom. The van der Waals surface area contributed by atoms with E-state index in [0.717, 1.165) is 11.3 Å². The van der Waals surface area contributed by atoms with Gasteiger partial charge in [0.2, 0.25) is 11.7 Å². The SMILES string of the molecule is COc1cnc2c(c1)C(CC(=O)NCc1cccn1C)=NC2=Cc1cc(OC)c(O)c(OC)c1. The second-order valence-corrected chi connectivity index (χ2v) is 7.70. The zero-order chi connectivity index (χ0) is 24.2. The minimum Gasteiger partial charge on any atom is -0.502 e. The highest BCUT2D eigenvalue weighted by Gasteiger charge is 2.25. The number of fused-ring (bicyclic) bond motifs is 1. The van der Waals surface area contributed by atoms with Crippen LogP contribution in [0.25, 0.3) is 11.8 Å². The Morgan fingerprint density at radius 1 is 1.15 bits per heavy atom. The van der Waals surface area contributed by atoms with Crippen LogP contribution in [-0.4, -0.2) is 47.6 Å². The van der Waals surface area contributed by atoms with E-state index in [1.165, 1.54) is 14.2 Å². The molecule has 0 atom stereocenters. The normalized spacial score (nSPS) is 13.4. The maximum atomic E-state index is 12.7. The molecule has 0 spiro atoms. The number of aromatic hydroxyl groups is 1. The molecule has 9 heteroatoms. The van der Waals surface area contributed by atoms with Gasteiger partial charge in [0, 0.05) is 24.5 Å². The van der Waals surface area contributed by atoms with E-state index in [1.807, 2.05) is 36.0 Å². The van der Waals surface area contributed by atoms with Crippen LogP contribution < -0.4 is 19.5 Å². The second-order valence-electron chi connectivity index (χ2n) is 7.70. The van der Waals surface area contributed by atoms with Gasteiger partial charge in [-0.2, -0.15) is 0 Å². The van der Waals surface area contributed by atoms with E-state index < -0.39 is 0 Å². The maximum Gasteiger partial charge on any atom is 0.226 e. The molecule has 0 aliphatic carbocycles. The molecule has 2 N–H and O–H groups in total. The topological polar surface area (TPSA) is 107 Å². The van der Waals surface area contributed by atoms with Crippen molar-refractivity contribution in [1.29, 1.82) is 0 Å². The van der Waals surface area contributed by atoms with E-state index in [2.05, 4.69) is 10.3 Å². The predicted octanol–water partition coefficient (Wildman–Crippen LogP) is 3.16. The van der Waals surface area contributed by atoms with E-state index in [1.54, 1.807) is 31.5 Å². The zero-order valence-electron chi connectivity index (χ0n) is 19.5. The highest BCUT2D eigenvalue weighted by molar-refractivity contribution is 6.18. The second kappa shape index (κ2) is 9.70. The van der Waals surface area contributed by atoms with E-state index in [-0.39, 0.29) is 29.6 Å². The summed E-state index contributed by atoms with van der Waals surface area (Å²) in [4.78, 5) is 21.9. The number of phenolic OH excluding ortho intramolecular Hbond substituents is 1. The third-order valence-electron chi connectivity index (χ3n) is 5.56. The summed E-state index contributed by atoms with van der Waals surface area (Å²) < 4.78 is 17.8. The highest BCUT2D eigenvalue weighted by atomic mass is 16.5. The molecule has 0 unspecified atom stereocenters. The quantitative estimate of drug-likeness (QED) is 0.533. The van der Waals surface area contributed by atoms with Crippen molar-refractivity contribution >= 4 is 23.4 Å². The first kappa shape index (κ1) is 22.9. The number of carbonyl (C=O) groups excluding carboxylic acids is 1. The summed E-state index contributed by atoms with van der Waals surface area (Å²) in [5.74, 6) is 0.890. The van der Waals surface area contributed by atoms with Gasteiger partial charge in [-0.3, -0.25) is 9.78 Å². The Labute approximate surface area is 197 Å². The Morgan fingerprint density at radius 3 is 2.50 bits per heavy atom. The maximum absolute atomic E-state index is 12.7. The van der Waals surface area contributed by atoms with Crippen molar-refractivity contribution in [3.05, 3.63) is 65.2 Å². The lowest BCUT2D eigenvalue weighted by Gasteiger charge is -2.10. The molecule has 0 saturated carbocycles. The molecule has 1 aliphatic rings. The molecule has 0 bridgehead atoms. The molecule has 3 aromatic rings. The molecule has 0 fully saturated rings. The number of amides is 1. The van der Waals surface area contributed by atoms with Crippen LogP contribution in [0, 0.1) is 0 Å². The van der Waals surface area contributed by atoms with Crippen LogP contribution in [0.2, 0.25) is 0 Å². The number of pyridine rings is 1. The number of carbonyl (C=O) groups is 1. The predicted molar refractivity (Wildman–Crippen MR) is 128 cm³/mol. The highest BCUT2D eigenvalue weighted by Crippen LogP contribution is 2.39. The zero-order valence-corrected chi connectivity index (χ0v) is 19.5. The average molecular weight is 463 g/mol. The lowest BCUT2D eigenvalue weighted by Crippen LogP contribution is -2.26. The van der Waals surface area contributed by atoms with E-state index in [9.17, 15) is 9.90 Å². The summed E-state index contributed by atoms with van der Waals surface area (Å²) in [6.45, 7) is 0.425. The molecule has 2 aromatic heterocycles. The van der Waals surface area contributed by atoms with Gasteiger partial charge in [0.1, 0.15) is 5.75 Å². The van der Waals surface area contributed by atoms with Gasteiger partial charge in [-0.25, -0.2) is 4.99 Å². The van der Waals surface area contributed by atoms with Gasteiger partial charge >= 0.3 is 0 Å². The molecule has 0 saturated heterocycles. The Balaban J connectivity index is 1.65. The molecular formula is C25H26N4O5. The fourth-order valence-corrected chi connectivity index (χ4v) is 3.71. The first-order valence-corrected chi connectivity index (χ1v) is 10.6. The first-order valence-electron chi connectivity index (χ1n) is 10.6. The van der Waals surface area contributed by atoms with Crippen LogP contribution in [0.4, 0.5) is 0 Å². The fourth-order valence-electron chi connectivity index (χ4n) is 3.71. The van der Waals surface area contributed by atoms with Crippen molar-refractivity contribution in [1.82, 2.24) is 14.9 Å². The van der Waals surface area contributed by atoms with Crippen molar-refractivity contribution in [2.75, 3.05) is 21.3 Å². The smallest absolute Gasteiger partial charge is 0.226 e. The molecule has 0 radical (unpaired) electrons. The largest absolute Gasteiger partial charge is 0.502 e. The third-order valence-corrected chi connectivity index (χ3v) is 5.56. The fraction of sp³-hybridized carbons (Fsp3) is 0.240. The number of aromatic nitrogens is 2. The van der Waals surface area contributed by atoms with Crippen LogP contribution in [0.5, 0.6) is 23.0 Å². The minimum absolute atomic E-state index is 0.0825. The molecule has 1 aliphatic heterocycles. The average Bonchev–Trinajstić information content (AvgIpc) is 3.40. The molecule has 34 heavy (non-hydrogen) atoms. The Bertz CT molecular complexity index is 1270. The summed E-state index contributed by atoms with van der Waals surface area (Å²) in [5, 5.41) is 13.1. The summed E-state index contributed by atoms with van der Waals surface area (Å²) in [7, 11) is 6.43. The molecule has 9 nitrogen and oxygen atoms in total. The van der Waals surface area contributed by atoms with Crippen molar-refractivity contribution < 1.29 is 24.1 Å². The summed E-state index contributed by atoms with van der Waals surface area (Å²) >= 11 is 0. The monoisotopic (exact) mass is 462 g/mol. The number of aryl methyl sites for hydroxylation is 1. The molecule has 176 valence electrons. The van der Waals surface area contributed by atoms with Gasteiger partial charge < -0.3 is 29.2 Å². The summed E-state index contributed by atoms with van der Waals surface area (Å²) in [6.07, 6.45) is 5.43. The van der Waals surface area contributed by atoms with Crippen molar-refractivity contribution in [3.63, 3.8) is 0 Å². The standard InChI is InChI=1S/C25H26N4O5/c1-29-7-5-6-16(29)13-26-23(30)12-19-18-11-17(32-2)14-27-24(18)20(28-19)8-15-9-21(33-3)25(31)22(10-15)34-4/h5-11,14,31H,12-13H2,1-4H3,(H,26,30). The summed E-state index contributed by atoms with van der Waals surface area (Å²) in [5.41, 5.74) is 4.24. The third kappa shape index (κ3) is 4.59. The van der Waals surface area contributed by atoms with E-state index in [4.69, 9.17) is 19.2 Å².